The lowest BCUT2D eigenvalue weighted by Crippen LogP contribution is -2.44. The smallest absolute Gasteiger partial charge is 0.323 e. The van der Waals surface area contributed by atoms with Gasteiger partial charge >= 0.3 is 5.97 Å². The van der Waals surface area contributed by atoms with Crippen LogP contribution in [0.4, 0.5) is 8.78 Å². The zero-order valence-corrected chi connectivity index (χ0v) is 10.9. The highest BCUT2D eigenvalue weighted by molar-refractivity contribution is 5.77. The van der Waals surface area contributed by atoms with Gasteiger partial charge in [0.2, 0.25) is 0 Å². The molecule has 0 aromatic heterocycles. The van der Waals surface area contributed by atoms with Crippen LogP contribution in [-0.4, -0.2) is 23.2 Å². The predicted octanol–water partition coefficient (Wildman–Crippen LogP) is 2.23. The minimum atomic E-state index is -1.31. The van der Waals surface area contributed by atoms with E-state index in [1.807, 2.05) is 0 Å². The highest BCUT2D eigenvalue weighted by Crippen LogP contribution is 2.22. The van der Waals surface area contributed by atoms with Crippen molar-refractivity contribution in [2.24, 2.45) is 5.73 Å². The fourth-order valence-electron chi connectivity index (χ4n) is 1.51. The van der Waals surface area contributed by atoms with Crippen molar-refractivity contribution in [1.82, 2.24) is 0 Å². The molecule has 4 nitrogen and oxygen atoms in total. The number of carboxylic acid groups (broad SMARTS) is 1. The zero-order chi connectivity index (χ0) is 14.6. The summed E-state index contributed by atoms with van der Waals surface area (Å²) in [6.45, 7) is 3.20. The van der Waals surface area contributed by atoms with Crippen LogP contribution in [0.15, 0.2) is 12.1 Å². The Balaban J connectivity index is 2.51. The van der Waals surface area contributed by atoms with Gasteiger partial charge in [0, 0.05) is 6.07 Å². The minimum absolute atomic E-state index is 0.186. The van der Waals surface area contributed by atoms with Gasteiger partial charge in [-0.1, -0.05) is 0 Å². The molecule has 1 aromatic carbocycles. The highest BCUT2D eigenvalue weighted by atomic mass is 19.2. The van der Waals surface area contributed by atoms with Crippen molar-refractivity contribution >= 4 is 5.97 Å². The highest BCUT2D eigenvalue weighted by Gasteiger charge is 2.26. The fourth-order valence-corrected chi connectivity index (χ4v) is 1.51. The van der Waals surface area contributed by atoms with E-state index >= 15 is 0 Å². The van der Waals surface area contributed by atoms with Crippen LogP contribution in [0.1, 0.15) is 25.3 Å². The van der Waals surface area contributed by atoms with Gasteiger partial charge in [-0.2, -0.15) is 0 Å². The maximum atomic E-state index is 13.0. The lowest BCUT2D eigenvalue weighted by molar-refractivity contribution is -0.142. The fraction of sp³-hybridized carbons (Fsp3) is 0.462. The zero-order valence-electron chi connectivity index (χ0n) is 10.9. The number of carbonyl (C=O) groups is 1. The summed E-state index contributed by atoms with van der Waals surface area (Å²) in [5.41, 5.74) is 4.71. The Hall–Kier alpha value is -1.69. The molecule has 0 aliphatic heterocycles. The lowest BCUT2D eigenvalue weighted by Gasteiger charge is -2.19. The van der Waals surface area contributed by atoms with Gasteiger partial charge in [-0.25, -0.2) is 8.78 Å². The quantitative estimate of drug-likeness (QED) is 0.780. The summed E-state index contributed by atoms with van der Waals surface area (Å²) in [6, 6.07) is 2.03. The second-order valence-electron chi connectivity index (χ2n) is 4.71. The molecule has 0 saturated heterocycles. The average Bonchev–Trinajstić information content (AvgIpc) is 2.30. The number of benzene rings is 1. The third kappa shape index (κ3) is 4.17. The SMILES string of the molecule is Cc1cc(F)c(F)cc1OCCCC(C)(N)C(=O)O. The van der Waals surface area contributed by atoms with E-state index in [0.29, 0.717) is 12.0 Å². The van der Waals surface area contributed by atoms with Gasteiger partial charge in [0.05, 0.1) is 6.61 Å². The van der Waals surface area contributed by atoms with E-state index < -0.39 is 23.1 Å². The summed E-state index contributed by atoms with van der Waals surface area (Å²) in [6.07, 6.45) is 0.628. The minimum Gasteiger partial charge on any atom is -0.493 e. The number of nitrogens with two attached hydrogens (primary N) is 1. The summed E-state index contributed by atoms with van der Waals surface area (Å²) in [5.74, 6) is -2.75. The largest absolute Gasteiger partial charge is 0.493 e. The molecular formula is C13H17F2NO3. The van der Waals surface area contributed by atoms with Crippen LogP contribution in [0.2, 0.25) is 0 Å². The first-order chi connectivity index (χ1) is 8.74. The number of rotatable bonds is 6. The summed E-state index contributed by atoms with van der Waals surface area (Å²) in [7, 11) is 0. The summed E-state index contributed by atoms with van der Waals surface area (Å²) >= 11 is 0. The molecule has 1 aromatic rings. The Morgan fingerprint density at radius 3 is 2.58 bits per heavy atom. The van der Waals surface area contributed by atoms with E-state index in [-0.39, 0.29) is 18.8 Å². The number of hydrogen-bond donors (Lipinski definition) is 2. The first-order valence-electron chi connectivity index (χ1n) is 5.85. The molecule has 0 radical (unpaired) electrons. The van der Waals surface area contributed by atoms with Crippen molar-refractivity contribution in [3.05, 3.63) is 29.3 Å². The lowest BCUT2D eigenvalue weighted by atomic mass is 9.98. The van der Waals surface area contributed by atoms with Crippen LogP contribution >= 0.6 is 0 Å². The van der Waals surface area contributed by atoms with E-state index in [1.54, 1.807) is 6.92 Å². The standard InChI is InChI=1S/C13H17F2NO3/c1-8-6-9(14)10(15)7-11(8)19-5-3-4-13(2,16)12(17)18/h6-7H,3-5,16H2,1-2H3,(H,17,18). The van der Waals surface area contributed by atoms with Gasteiger partial charge in [0.15, 0.2) is 11.6 Å². The Morgan fingerprint density at radius 2 is 2.00 bits per heavy atom. The van der Waals surface area contributed by atoms with Gasteiger partial charge in [-0.05, 0) is 38.3 Å². The monoisotopic (exact) mass is 273 g/mol. The van der Waals surface area contributed by atoms with Gasteiger partial charge in [-0.15, -0.1) is 0 Å². The van der Waals surface area contributed by atoms with Crippen LogP contribution in [0.25, 0.3) is 0 Å². The molecule has 1 rings (SSSR count). The molecular weight excluding hydrogens is 256 g/mol. The van der Waals surface area contributed by atoms with E-state index in [4.69, 9.17) is 15.6 Å². The van der Waals surface area contributed by atoms with Crippen molar-refractivity contribution in [2.45, 2.75) is 32.2 Å². The molecule has 3 N–H and O–H groups in total. The molecule has 6 heteroatoms. The second-order valence-corrected chi connectivity index (χ2v) is 4.71. The maximum absolute atomic E-state index is 13.0. The summed E-state index contributed by atoms with van der Waals surface area (Å²) in [5, 5.41) is 8.81. The van der Waals surface area contributed by atoms with Gasteiger partial charge < -0.3 is 15.6 Å². The third-order valence-corrected chi connectivity index (χ3v) is 2.80. The molecule has 0 bridgehead atoms. The molecule has 0 fully saturated rings. The van der Waals surface area contributed by atoms with Crippen LogP contribution in [0, 0.1) is 18.6 Å². The average molecular weight is 273 g/mol. The number of carboxylic acids is 1. The first kappa shape index (κ1) is 15.4. The Morgan fingerprint density at radius 1 is 1.42 bits per heavy atom. The second kappa shape index (κ2) is 5.97. The van der Waals surface area contributed by atoms with Gasteiger partial charge in [-0.3, -0.25) is 4.79 Å². The number of aryl methyl sites for hydroxylation is 1. The number of aliphatic carboxylic acids is 1. The van der Waals surface area contributed by atoms with Crippen LogP contribution in [0.3, 0.4) is 0 Å². The van der Waals surface area contributed by atoms with E-state index in [0.717, 1.165) is 12.1 Å². The van der Waals surface area contributed by atoms with E-state index in [1.165, 1.54) is 6.92 Å². The molecule has 19 heavy (non-hydrogen) atoms. The summed E-state index contributed by atoms with van der Waals surface area (Å²) < 4.78 is 31.2. The van der Waals surface area contributed by atoms with E-state index in [9.17, 15) is 13.6 Å². The Kier molecular flexibility index (Phi) is 4.83. The van der Waals surface area contributed by atoms with E-state index in [2.05, 4.69) is 0 Å². The maximum Gasteiger partial charge on any atom is 0.323 e. The number of hydrogen-bond acceptors (Lipinski definition) is 3. The molecule has 0 amide bonds. The van der Waals surface area contributed by atoms with Gasteiger partial charge in [0.1, 0.15) is 11.3 Å². The van der Waals surface area contributed by atoms with Crippen molar-refractivity contribution in [2.75, 3.05) is 6.61 Å². The molecule has 1 atom stereocenters. The molecule has 1 unspecified atom stereocenters. The predicted molar refractivity (Wildman–Crippen MR) is 66.1 cm³/mol. The Labute approximate surface area is 110 Å². The molecule has 0 heterocycles. The molecule has 0 aliphatic carbocycles. The van der Waals surface area contributed by atoms with Crippen LogP contribution in [-0.2, 0) is 4.79 Å². The first-order valence-corrected chi connectivity index (χ1v) is 5.85. The molecule has 106 valence electrons. The molecule has 0 saturated carbocycles. The van der Waals surface area contributed by atoms with Crippen molar-refractivity contribution < 1.29 is 23.4 Å². The topological polar surface area (TPSA) is 72.5 Å². The van der Waals surface area contributed by atoms with Crippen molar-refractivity contribution in [3.8, 4) is 5.75 Å². The Bertz CT molecular complexity index is 475. The molecule has 0 spiro atoms. The normalized spacial score (nSPS) is 13.9. The third-order valence-electron chi connectivity index (χ3n) is 2.80. The molecule has 0 aliphatic rings. The summed E-state index contributed by atoms with van der Waals surface area (Å²) in [4.78, 5) is 10.8. The number of ether oxygens (including phenoxy) is 1. The van der Waals surface area contributed by atoms with Gasteiger partial charge in [0.25, 0.3) is 0 Å². The van der Waals surface area contributed by atoms with Crippen molar-refractivity contribution in [3.63, 3.8) is 0 Å². The number of halogens is 2. The van der Waals surface area contributed by atoms with Crippen LogP contribution < -0.4 is 10.5 Å². The van der Waals surface area contributed by atoms with Crippen LogP contribution in [0.5, 0.6) is 5.75 Å². The van der Waals surface area contributed by atoms with Crippen molar-refractivity contribution in [1.29, 1.82) is 0 Å².